The normalized spacial score (nSPS) is 29.1. The first-order chi connectivity index (χ1) is 15.1. The second kappa shape index (κ2) is 7.31. The van der Waals surface area contributed by atoms with Gasteiger partial charge in [0.2, 0.25) is 0 Å². The number of rotatable bonds is 4. The molecule has 4 saturated carbocycles. The molecule has 1 heterocycles. The quantitative estimate of drug-likeness (QED) is 0.249. The molecule has 4 aliphatic rings. The lowest BCUT2D eigenvalue weighted by molar-refractivity contribution is -0.00519. The molecule has 0 amide bonds. The summed E-state index contributed by atoms with van der Waals surface area (Å²) in [6.07, 6.45) is 11.8. The van der Waals surface area contributed by atoms with Crippen molar-refractivity contribution in [1.29, 1.82) is 0 Å². The van der Waals surface area contributed by atoms with Crippen LogP contribution in [-0.4, -0.2) is 10.8 Å². The Bertz CT molecular complexity index is 1160. The number of fused-ring (bicyclic) bond motifs is 1. The molecular weight excluding hydrogens is 402 g/mol. The fraction of sp³-hybridized carbons (Fsp3) is 0.357. The Morgan fingerprint density at radius 1 is 0.935 bits per heavy atom. The maximum atomic E-state index is 12.8. The van der Waals surface area contributed by atoms with E-state index in [0.29, 0.717) is 10.6 Å². The minimum atomic E-state index is 0.00119. The number of carbonyl (C=O) groups excluding carboxylic acids is 1. The van der Waals surface area contributed by atoms with E-state index in [2.05, 4.69) is 17.1 Å². The van der Waals surface area contributed by atoms with E-state index in [9.17, 15) is 4.79 Å². The summed E-state index contributed by atoms with van der Waals surface area (Å²) in [6, 6.07) is 18.3. The second-order valence-corrected chi connectivity index (χ2v) is 10.4. The third kappa shape index (κ3) is 3.42. The van der Waals surface area contributed by atoms with E-state index in [-0.39, 0.29) is 5.78 Å². The second-order valence-electron chi connectivity index (χ2n) is 10.0. The summed E-state index contributed by atoms with van der Waals surface area (Å²) in [5, 5.41) is 1.43. The third-order valence-electron chi connectivity index (χ3n) is 7.94. The summed E-state index contributed by atoms with van der Waals surface area (Å²) >= 11 is 6.33. The highest BCUT2D eigenvalue weighted by atomic mass is 35.5. The first-order valence-corrected chi connectivity index (χ1v) is 11.8. The van der Waals surface area contributed by atoms with Crippen molar-refractivity contribution in [3.63, 3.8) is 0 Å². The zero-order valence-electron chi connectivity index (χ0n) is 17.6. The summed E-state index contributed by atoms with van der Waals surface area (Å²) in [7, 11) is 0. The molecule has 4 fully saturated rings. The average molecular weight is 428 g/mol. The highest BCUT2D eigenvalue weighted by Gasteiger charge is 2.51. The largest absolute Gasteiger partial charge is 0.289 e. The standard InChI is InChI=1S/C28H26ClNO/c29-27-23(14-22-3-1-2-4-25(22)30-27)7-10-26(31)21-5-8-24(9-6-21)28-15-18-11-19(16-28)13-20(12-18)17-28/h1-10,14,18-20H,11-13,15-17H2/b10-7+. The molecule has 3 aromatic rings. The van der Waals surface area contributed by atoms with Crippen molar-refractivity contribution < 1.29 is 4.79 Å². The highest BCUT2D eigenvalue weighted by Crippen LogP contribution is 2.60. The van der Waals surface area contributed by atoms with Crippen molar-refractivity contribution in [1.82, 2.24) is 4.98 Å². The molecule has 156 valence electrons. The molecule has 0 aliphatic heterocycles. The van der Waals surface area contributed by atoms with Gasteiger partial charge in [-0.1, -0.05) is 54.1 Å². The molecule has 0 spiro atoms. The van der Waals surface area contributed by atoms with E-state index >= 15 is 0 Å². The van der Waals surface area contributed by atoms with Crippen LogP contribution in [0.25, 0.3) is 17.0 Å². The molecule has 2 nitrogen and oxygen atoms in total. The third-order valence-corrected chi connectivity index (χ3v) is 8.24. The zero-order chi connectivity index (χ0) is 21.0. The maximum Gasteiger partial charge on any atom is 0.185 e. The van der Waals surface area contributed by atoms with E-state index in [1.807, 2.05) is 42.5 Å². The zero-order valence-corrected chi connectivity index (χ0v) is 18.3. The van der Waals surface area contributed by atoms with Crippen LogP contribution in [0, 0.1) is 17.8 Å². The van der Waals surface area contributed by atoms with Gasteiger partial charge in [-0.25, -0.2) is 4.98 Å². The lowest BCUT2D eigenvalue weighted by atomic mass is 9.48. The smallest absolute Gasteiger partial charge is 0.185 e. The van der Waals surface area contributed by atoms with E-state index in [4.69, 9.17) is 11.6 Å². The van der Waals surface area contributed by atoms with Gasteiger partial charge in [0, 0.05) is 16.5 Å². The lowest BCUT2D eigenvalue weighted by Crippen LogP contribution is -2.48. The number of ketones is 1. The molecule has 4 bridgehead atoms. The molecule has 4 aliphatic carbocycles. The summed E-state index contributed by atoms with van der Waals surface area (Å²) in [6.45, 7) is 0. The number of benzene rings is 2. The van der Waals surface area contributed by atoms with Gasteiger partial charge in [-0.05, 0) is 91.5 Å². The Morgan fingerprint density at radius 3 is 2.26 bits per heavy atom. The Balaban J connectivity index is 1.22. The van der Waals surface area contributed by atoms with Crippen LogP contribution in [0.2, 0.25) is 5.15 Å². The minimum absolute atomic E-state index is 0.00119. The van der Waals surface area contributed by atoms with Gasteiger partial charge in [-0.3, -0.25) is 4.79 Å². The Kier molecular flexibility index (Phi) is 4.54. The topological polar surface area (TPSA) is 30.0 Å². The number of nitrogens with zero attached hydrogens (tertiary/aromatic N) is 1. The number of carbonyl (C=O) groups is 1. The number of aromatic nitrogens is 1. The Labute approximate surface area is 188 Å². The minimum Gasteiger partial charge on any atom is -0.289 e. The molecule has 1 aromatic heterocycles. The monoisotopic (exact) mass is 427 g/mol. The van der Waals surface area contributed by atoms with Gasteiger partial charge in [0.05, 0.1) is 5.52 Å². The van der Waals surface area contributed by atoms with E-state index in [0.717, 1.165) is 39.8 Å². The van der Waals surface area contributed by atoms with Gasteiger partial charge in [-0.2, -0.15) is 0 Å². The van der Waals surface area contributed by atoms with Gasteiger partial charge >= 0.3 is 0 Å². The Hall–Kier alpha value is -2.45. The number of pyridine rings is 1. The van der Waals surface area contributed by atoms with Crippen LogP contribution in [-0.2, 0) is 5.41 Å². The first kappa shape index (κ1) is 19.3. The fourth-order valence-electron chi connectivity index (χ4n) is 6.94. The van der Waals surface area contributed by atoms with Crippen LogP contribution >= 0.6 is 11.6 Å². The van der Waals surface area contributed by atoms with Crippen LogP contribution in [0.5, 0.6) is 0 Å². The number of para-hydroxylation sites is 1. The van der Waals surface area contributed by atoms with Crippen molar-refractivity contribution >= 4 is 34.4 Å². The summed E-state index contributed by atoms with van der Waals surface area (Å²) in [5.74, 6) is 2.78. The number of hydrogen-bond donors (Lipinski definition) is 0. The molecule has 0 saturated heterocycles. The molecule has 0 N–H and O–H groups in total. The van der Waals surface area contributed by atoms with Crippen molar-refractivity contribution in [2.24, 2.45) is 17.8 Å². The maximum absolute atomic E-state index is 12.8. The van der Waals surface area contributed by atoms with Crippen LogP contribution in [0.4, 0.5) is 0 Å². The van der Waals surface area contributed by atoms with E-state index in [1.54, 1.807) is 12.2 Å². The van der Waals surface area contributed by atoms with Crippen LogP contribution in [0.15, 0.2) is 60.7 Å². The van der Waals surface area contributed by atoms with Gasteiger partial charge in [0.15, 0.2) is 5.78 Å². The predicted octanol–water partition coefficient (Wildman–Crippen LogP) is 7.25. The molecule has 31 heavy (non-hydrogen) atoms. The molecule has 0 unspecified atom stereocenters. The number of allylic oxidation sites excluding steroid dienone is 1. The predicted molar refractivity (Wildman–Crippen MR) is 126 cm³/mol. The van der Waals surface area contributed by atoms with Gasteiger partial charge < -0.3 is 0 Å². The first-order valence-electron chi connectivity index (χ1n) is 11.5. The number of hydrogen-bond acceptors (Lipinski definition) is 2. The average Bonchev–Trinajstić information content (AvgIpc) is 2.76. The fourth-order valence-corrected chi connectivity index (χ4v) is 7.15. The van der Waals surface area contributed by atoms with Crippen LogP contribution in [0.1, 0.15) is 60.0 Å². The molecule has 3 heteroatoms. The summed E-state index contributed by atoms with van der Waals surface area (Å²) < 4.78 is 0. The van der Waals surface area contributed by atoms with Gasteiger partial charge in [0.25, 0.3) is 0 Å². The van der Waals surface area contributed by atoms with Crippen molar-refractivity contribution in [2.75, 3.05) is 0 Å². The van der Waals surface area contributed by atoms with Gasteiger partial charge in [0.1, 0.15) is 5.15 Å². The molecule has 7 rings (SSSR count). The summed E-state index contributed by atoms with van der Waals surface area (Å²) in [5.41, 5.74) is 4.18. The van der Waals surface area contributed by atoms with E-state index in [1.165, 1.54) is 44.1 Å². The molecule has 0 radical (unpaired) electrons. The van der Waals surface area contributed by atoms with E-state index < -0.39 is 0 Å². The number of halogens is 1. The van der Waals surface area contributed by atoms with Crippen LogP contribution < -0.4 is 0 Å². The van der Waals surface area contributed by atoms with Crippen molar-refractivity contribution in [3.05, 3.63) is 82.5 Å². The molecule has 0 atom stereocenters. The van der Waals surface area contributed by atoms with Gasteiger partial charge in [-0.15, -0.1) is 0 Å². The van der Waals surface area contributed by atoms with Crippen molar-refractivity contribution in [3.8, 4) is 0 Å². The lowest BCUT2D eigenvalue weighted by Gasteiger charge is -2.57. The SMILES string of the molecule is O=C(/C=C/c1cc2ccccc2nc1Cl)c1ccc(C23CC4CC(CC(C4)C2)C3)cc1. The molecular formula is C28H26ClNO. The van der Waals surface area contributed by atoms with Crippen molar-refractivity contribution in [2.45, 2.75) is 43.9 Å². The summed E-state index contributed by atoms with van der Waals surface area (Å²) in [4.78, 5) is 17.2. The van der Waals surface area contributed by atoms with Crippen LogP contribution in [0.3, 0.4) is 0 Å². The highest BCUT2D eigenvalue weighted by molar-refractivity contribution is 6.31. The molecule has 2 aromatic carbocycles. The Morgan fingerprint density at radius 2 is 1.58 bits per heavy atom.